The van der Waals surface area contributed by atoms with Gasteiger partial charge in [-0.3, -0.25) is 4.79 Å². The van der Waals surface area contributed by atoms with Gasteiger partial charge in [-0.05, 0) is 60.5 Å². The predicted molar refractivity (Wildman–Crippen MR) is 136 cm³/mol. The summed E-state index contributed by atoms with van der Waals surface area (Å²) in [6.07, 6.45) is 0.250. The first-order valence-electron chi connectivity index (χ1n) is 11.4. The number of sulfonamides is 1. The Morgan fingerprint density at radius 1 is 0.889 bits per heavy atom. The van der Waals surface area contributed by atoms with Gasteiger partial charge in [-0.25, -0.2) is 13.1 Å². The Morgan fingerprint density at radius 3 is 2.11 bits per heavy atom. The van der Waals surface area contributed by atoms with Gasteiger partial charge in [-0.1, -0.05) is 42.5 Å². The average Bonchev–Trinajstić information content (AvgIpc) is 3.26. The summed E-state index contributed by atoms with van der Waals surface area (Å²) in [5, 5.41) is 0. The van der Waals surface area contributed by atoms with Crippen LogP contribution < -0.4 is 14.2 Å². The SMILES string of the molecule is COc1ccc(-c2ccc(OCc3cc(CCC(=O)NS(=O)(=O)c4ccccc4)oc3C)cc2)cc1. The summed E-state index contributed by atoms with van der Waals surface area (Å²) in [5.74, 6) is 2.22. The van der Waals surface area contributed by atoms with Crippen molar-refractivity contribution in [3.05, 3.63) is 102 Å². The molecule has 0 aliphatic rings. The van der Waals surface area contributed by atoms with Gasteiger partial charge in [0.15, 0.2) is 0 Å². The number of hydrogen-bond acceptors (Lipinski definition) is 6. The summed E-state index contributed by atoms with van der Waals surface area (Å²) in [7, 11) is -2.24. The zero-order valence-electron chi connectivity index (χ0n) is 20.1. The topological polar surface area (TPSA) is 94.8 Å². The summed E-state index contributed by atoms with van der Waals surface area (Å²) >= 11 is 0. The Balaban J connectivity index is 1.29. The number of furan rings is 1. The van der Waals surface area contributed by atoms with E-state index in [0.29, 0.717) is 18.1 Å². The summed E-state index contributed by atoms with van der Waals surface area (Å²) in [6.45, 7) is 2.14. The molecule has 0 unspecified atom stereocenters. The molecule has 1 amide bonds. The number of carbonyl (C=O) groups excluding carboxylic acids is 1. The highest BCUT2D eigenvalue weighted by molar-refractivity contribution is 7.90. The van der Waals surface area contributed by atoms with Crippen molar-refractivity contribution in [1.29, 1.82) is 0 Å². The van der Waals surface area contributed by atoms with Crippen LogP contribution in [0.3, 0.4) is 0 Å². The molecule has 0 atom stereocenters. The molecule has 7 nitrogen and oxygen atoms in total. The molecular formula is C28H27NO6S. The van der Waals surface area contributed by atoms with Crippen molar-refractivity contribution < 1.29 is 27.1 Å². The molecule has 4 aromatic rings. The van der Waals surface area contributed by atoms with Gasteiger partial charge in [0, 0.05) is 18.4 Å². The van der Waals surface area contributed by atoms with E-state index in [1.807, 2.05) is 61.5 Å². The van der Waals surface area contributed by atoms with E-state index < -0.39 is 15.9 Å². The quantitative estimate of drug-likeness (QED) is 0.315. The second-order valence-electron chi connectivity index (χ2n) is 8.18. The summed E-state index contributed by atoms with van der Waals surface area (Å²) < 4.78 is 43.5. The van der Waals surface area contributed by atoms with Crippen LogP contribution in [-0.4, -0.2) is 21.4 Å². The number of aryl methyl sites for hydroxylation is 2. The Kier molecular flexibility index (Phi) is 7.75. The normalized spacial score (nSPS) is 11.2. The Bertz CT molecular complexity index is 1410. The molecule has 0 aliphatic carbocycles. The standard InChI is InChI=1S/C28H27NO6S/c1-20-23(19-34-25-14-10-22(11-15-25)21-8-12-24(33-2)13-9-21)18-26(35-20)16-17-28(30)29-36(31,32)27-6-4-3-5-7-27/h3-15,18H,16-17,19H2,1-2H3,(H,29,30). The van der Waals surface area contributed by atoms with Crippen LogP contribution in [0.5, 0.6) is 11.5 Å². The van der Waals surface area contributed by atoms with E-state index >= 15 is 0 Å². The van der Waals surface area contributed by atoms with E-state index in [1.54, 1.807) is 25.3 Å². The molecule has 0 saturated heterocycles. The second-order valence-corrected chi connectivity index (χ2v) is 9.86. The van der Waals surface area contributed by atoms with Crippen molar-refractivity contribution in [3.8, 4) is 22.6 Å². The van der Waals surface area contributed by atoms with Crippen molar-refractivity contribution >= 4 is 15.9 Å². The fourth-order valence-corrected chi connectivity index (χ4v) is 4.67. The minimum absolute atomic E-state index is 0.0217. The lowest BCUT2D eigenvalue weighted by atomic mass is 10.1. The predicted octanol–water partition coefficient (Wildman–Crippen LogP) is 5.28. The van der Waals surface area contributed by atoms with E-state index in [-0.39, 0.29) is 17.7 Å². The van der Waals surface area contributed by atoms with Gasteiger partial charge < -0.3 is 13.9 Å². The summed E-state index contributed by atoms with van der Waals surface area (Å²) in [5.41, 5.74) is 3.01. The molecule has 186 valence electrons. The number of ether oxygens (including phenoxy) is 2. The largest absolute Gasteiger partial charge is 0.497 e. The van der Waals surface area contributed by atoms with Crippen LogP contribution in [-0.2, 0) is 27.8 Å². The van der Waals surface area contributed by atoms with E-state index in [9.17, 15) is 13.2 Å². The zero-order valence-corrected chi connectivity index (χ0v) is 20.9. The molecule has 0 spiro atoms. The van der Waals surface area contributed by atoms with Gasteiger partial charge in [0.05, 0.1) is 12.0 Å². The number of rotatable bonds is 10. The molecule has 1 aromatic heterocycles. The van der Waals surface area contributed by atoms with Gasteiger partial charge in [-0.15, -0.1) is 0 Å². The first-order chi connectivity index (χ1) is 17.3. The van der Waals surface area contributed by atoms with Crippen molar-refractivity contribution in [2.45, 2.75) is 31.3 Å². The van der Waals surface area contributed by atoms with Gasteiger partial charge in [0.2, 0.25) is 5.91 Å². The highest BCUT2D eigenvalue weighted by atomic mass is 32.2. The molecule has 8 heteroatoms. The lowest BCUT2D eigenvalue weighted by molar-refractivity contribution is -0.119. The second kappa shape index (κ2) is 11.1. The maximum atomic E-state index is 12.3. The van der Waals surface area contributed by atoms with Crippen LogP contribution in [0.2, 0.25) is 0 Å². The van der Waals surface area contributed by atoms with Crippen molar-refractivity contribution in [3.63, 3.8) is 0 Å². The smallest absolute Gasteiger partial charge is 0.264 e. The van der Waals surface area contributed by atoms with Gasteiger partial charge in [-0.2, -0.15) is 0 Å². The van der Waals surface area contributed by atoms with Gasteiger partial charge in [0.1, 0.15) is 29.6 Å². The van der Waals surface area contributed by atoms with E-state index in [2.05, 4.69) is 4.72 Å². The average molecular weight is 506 g/mol. The third kappa shape index (κ3) is 6.34. The molecule has 36 heavy (non-hydrogen) atoms. The maximum absolute atomic E-state index is 12.3. The van der Waals surface area contributed by atoms with Crippen molar-refractivity contribution in [2.75, 3.05) is 7.11 Å². The molecule has 1 N–H and O–H groups in total. The number of carbonyl (C=O) groups is 1. The van der Waals surface area contributed by atoms with Crippen LogP contribution >= 0.6 is 0 Å². The lowest BCUT2D eigenvalue weighted by Gasteiger charge is -2.07. The van der Waals surface area contributed by atoms with Crippen LogP contribution in [0.25, 0.3) is 11.1 Å². The molecular weight excluding hydrogens is 478 g/mol. The number of hydrogen-bond donors (Lipinski definition) is 1. The van der Waals surface area contributed by atoms with Gasteiger partial charge >= 0.3 is 0 Å². The number of nitrogens with one attached hydrogen (secondary N) is 1. The van der Waals surface area contributed by atoms with E-state index in [1.165, 1.54) is 12.1 Å². The third-order valence-corrected chi connectivity index (χ3v) is 7.03. The monoisotopic (exact) mass is 505 g/mol. The van der Waals surface area contributed by atoms with Crippen molar-refractivity contribution in [1.82, 2.24) is 4.72 Å². The molecule has 1 heterocycles. The molecule has 0 saturated carbocycles. The minimum Gasteiger partial charge on any atom is -0.497 e. The molecule has 4 rings (SSSR count). The maximum Gasteiger partial charge on any atom is 0.264 e. The Morgan fingerprint density at radius 2 is 1.50 bits per heavy atom. The molecule has 0 fully saturated rings. The Hall–Kier alpha value is -4.04. The first kappa shape index (κ1) is 25.1. The summed E-state index contributed by atoms with van der Waals surface area (Å²) in [4.78, 5) is 12.3. The highest BCUT2D eigenvalue weighted by Gasteiger charge is 2.18. The molecule has 0 bridgehead atoms. The molecule has 3 aromatic carbocycles. The first-order valence-corrected chi connectivity index (χ1v) is 12.9. The van der Waals surface area contributed by atoms with E-state index in [4.69, 9.17) is 13.9 Å². The fraction of sp³-hybridized carbons (Fsp3) is 0.179. The van der Waals surface area contributed by atoms with E-state index in [0.717, 1.165) is 28.2 Å². The summed E-state index contributed by atoms with van der Waals surface area (Å²) in [6, 6.07) is 25.3. The van der Waals surface area contributed by atoms with Crippen LogP contribution in [0.4, 0.5) is 0 Å². The van der Waals surface area contributed by atoms with Crippen LogP contribution in [0.1, 0.15) is 23.5 Å². The Labute approximate surface area is 210 Å². The number of amides is 1. The van der Waals surface area contributed by atoms with Gasteiger partial charge in [0.25, 0.3) is 10.0 Å². The fourth-order valence-electron chi connectivity index (χ4n) is 3.64. The minimum atomic E-state index is -3.89. The lowest BCUT2D eigenvalue weighted by Crippen LogP contribution is -2.30. The van der Waals surface area contributed by atoms with Crippen molar-refractivity contribution in [2.24, 2.45) is 0 Å². The zero-order chi connectivity index (χ0) is 25.5. The highest BCUT2D eigenvalue weighted by Crippen LogP contribution is 2.25. The number of methoxy groups -OCH3 is 1. The number of benzene rings is 3. The molecule has 0 radical (unpaired) electrons. The van der Waals surface area contributed by atoms with Crippen LogP contribution in [0, 0.1) is 6.92 Å². The molecule has 0 aliphatic heterocycles. The van der Waals surface area contributed by atoms with Crippen LogP contribution in [0.15, 0.2) is 94.2 Å². The third-order valence-electron chi connectivity index (χ3n) is 5.64.